The summed E-state index contributed by atoms with van der Waals surface area (Å²) in [5.41, 5.74) is 0. The summed E-state index contributed by atoms with van der Waals surface area (Å²) in [6, 6.07) is 13.5. The van der Waals surface area contributed by atoms with Gasteiger partial charge in [-0.25, -0.2) is 13.1 Å². The van der Waals surface area contributed by atoms with Crippen LogP contribution in [0, 0.1) is 5.92 Å². The summed E-state index contributed by atoms with van der Waals surface area (Å²) >= 11 is 0. The number of likely N-dealkylation sites (tertiary alicyclic amines) is 1. The molecule has 1 aliphatic rings. The number of rotatable bonds is 5. The molecular formula is C18H24N2O2S. The third-order valence-corrected chi connectivity index (χ3v) is 6.16. The molecule has 2 aromatic rings. The molecule has 1 fully saturated rings. The maximum Gasteiger partial charge on any atom is 0.241 e. The molecule has 0 aromatic heterocycles. The number of nitrogens with zero attached hydrogens (tertiary/aromatic N) is 1. The van der Waals surface area contributed by atoms with Gasteiger partial charge in [0.2, 0.25) is 10.0 Å². The van der Waals surface area contributed by atoms with Gasteiger partial charge in [-0.3, -0.25) is 4.90 Å². The first kappa shape index (κ1) is 16.4. The van der Waals surface area contributed by atoms with Crippen molar-refractivity contribution in [2.75, 3.05) is 19.6 Å². The summed E-state index contributed by atoms with van der Waals surface area (Å²) in [6.07, 6.45) is 1.19. The van der Waals surface area contributed by atoms with Crippen LogP contribution in [0.1, 0.15) is 20.3 Å². The molecule has 0 aliphatic carbocycles. The van der Waals surface area contributed by atoms with E-state index in [0.29, 0.717) is 23.4 Å². The normalized spacial score (nSPS) is 22.7. The standard InChI is InChI=1S/C18H24N2O2S/c1-14-12-15(2)20(13-14)11-10-19-23(21,22)18-9-5-7-16-6-3-4-8-17(16)18/h3-9,14-15,19H,10-13H2,1-2H3/t14-,15+/m0/s1. The summed E-state index contributed by atoms with van der Waals surface area (Å²) in [6.45, 7) is 6.72. The highest BCUT2D eigenvalue weighted by Gasteiger charge is 2.26. The first-order valence-corrected chi connectivity index (χ1v) is 9.67. The minimum atomic E-state index is -3.49. The fraction of sp³-hybridized carbons (Fsp3) is 0.444. The second kappa shape index (κ2) is 6.59. The molecule has 5 heteroatoms. The van der Waals surface area contributed by atoms with Crippen molar-refractivity contribution in [3.8, 4) is 0 Å². The molecule has 0 bridgehead atoms. The van der Waals surface area contributed by atoms with Crippen molar-refractivity contribution < 1.29 is 8.42 Å². The van der Waals surface area contributed by atoms with Gasteiger partial charge in [0, 0.05) is 31.1 Å². The second-order valence-corrected chi connectivity index (χ2v) is 8.30. The quantitative estimate of drug-likeness (QED) is 0.916. The SMILES string of the molecule is C[C@H]1C[C@@H](C)N(CCNS(=O)(=O)c2cccc3ccccc23)C1. The Hall–Kier alpha value is -1.43. The molecule has 1 aliphatic heterocycles. The van der Waals surface area contributed by atoms with Crippen LogP contribution >= 0.6 is 0 Å². The van der Waals surface area contributed by atoms with Gasteiger partial charge >= 0.3 is 0 Å². The molecule has 0 amide bonds. The Labute approximate surface area is 138 Å². The molecule has 0 unspecified atom stereocenters. The lowest BCUT2D eigenvalue weighted by molar-refractivity contribution is 0.270. The minimum absolute atomic E-state index is 0.360. The highest BCUT2D eigenvalue weighted by molar-refractivity contribution is 7.89. The second-order valence-electron chi connectivity index (χ2n) is 6.56. The van der Waals surface area contributed by atoms with Gasteiger partial charge in [0.05, 0.1) is 4.90 Å². The smallest absolute Gasteiger partial charge is 0.241 e. The molecular weight excluding hydrogens is 308 g/mol. The van der Waals surface area contributed by atoms with Crippen LogP contribution in [-0.4, -0.2) is 39.0 Å². The van der Waals surface area contributed by atoms with E-state index in [-0.39, 0.29) is 0 Å². The average Bonchev–Trinajstić information content (AvgIpc) is 2.84. The third kappa shape index (κ3) is 3.57. The molecule has 124 valence electrons. The highest BCUT2D eigenvalue weighted by Crippen LogP contribution is 2.23. The Bertz CT molecular complexity index is 783. The van der Waals surface area contributed by atoms with Gasteiger partial charge in [-0.15, -0.1) is 0 Å². The van der Waals surface area contributed by atoms with E-state index < -0.39 is 10.0 Å². The van der Waals surface area contributed by atoms with Crippen LogP contribution < -0.4 is 4.72 Å². The van der Waals surface area contributed by atoms with Gasteiger partial charge in [-0.2, -0.15) is 0 Å². The van der Waals surface area contributed by atoms with Crippen LogP contribution in [0.15, 0.2) is 47.4 Å². The van der Waals surface area contributed by atoms with Crippen molar-refractivity contribution in [1.29, 1.82) is 0 Å². The van der Waals surface area contributed by atoms with Crippen molar-refractivity contribution in [3.63, 3.8) is 0 Å². The summed E-state index contributed by atoms with van der Waals surface area (Å²) in [4.78, 5) is 2.72. The molecule has 1 saturated heterocycles. The zero-order valence-electron chi connectivity index (χ0n) is 13.7. The zero-order chi connectivity index (χ0) is 16.4. The van der Waals surface area contributed by atoms with E-state index in [1.54, 1.807) is 12.1 Å². The largest absolute Gasteiger partial charge is 0.299 e. The Morgan fingerprint density at radius 1 is 1.13 bits per heavy atom. The van der Waals surface area contributed by atoms with E-state index in [1.807, 2.05) is 30.3 Å². The molecule has 3 rings (SSSR count). The lowest BCUT2D eigenvalue weighted by atomic mass is 10.1. The third-order valence-electron chi connectivity index (χ3n) is 4.64. The van der Waals surface area contributed by atoms with Gasteiger partial charge in [-0.1, -0.05) is 43.3 Å². The van der Waals surface area contributed by atoms with E-state index >= 15 is 0 Å². The van der Waals surface area contributed by atoms with Gasteiger partial charge in [-0.05, 0) is 30.7 Å². The molecule has 23 heavy (non-hydrogen) atoms. The van der Waals surface area contributed by atoms with Crippen molar-refractivity contribution in [3.05, 3.63) is 42.5 Å². The molecule has 1 N–H and O–H groups in total. The number of hydrogen-bond acceptors (Lipinski definition) is 3. The fourth-order valence-electron chi connectivity index (χ4n) is 3.53. The van der Waals surface area contributed by atoms with Crippen molar-refractivity contribution in [2.24, 2.45) is 5.92 Å². The van der Waals surface area contributed by atoms with E-state index in [2.05, 4.69) is 23.5 Å². The van der Waals surface area contributed by atoms with Crippen LogP contribution in [0.2, 0.25) is 0 Å². The Balaban J connectivity index is 1.71. The predicted octanol–water partition coefficient (Wildman–Crippen LogP) is 2.85. The zero-order valence-corrected chi connectivity index (χ0v) is 14.5. The molecule has 0 radical (unpaired) electrons. The number of fused-ring (bicyclic) bond motifs is 1. The van der Waals surface area contributed by atoms with Crippen LogP contribution in [0.25, 0.3) is 10.8 Å². The van der Waals surface area contributed by atoms with E-state index in [1.165, 1.54) is 6.42 Å². The summed E-state index contributed by atoms with van der Waals surface area (Å²) in [5.74, 6) is 0.694. The summed E-state index contributed by atoms with van der Waals surface area (Å²) < 4.78 is 28.0. The van der Waals surface area contributed by atoms with Crippen LogP contribution in [0.3, 0.4) is 0 Å². The molecule has 2 aromatic carbocycles. The Morgan fingerprint density at radius 2 is 1.87 bits per heavy atom. The highest BCUT2D eigenvalue weighted by atomic mass is 32.2. The van der Waals surface area contributed by atoms with E-state index in [0.717, 1.165) is 23.9 Å². The summed E-state index contributed by atoms with van der Waals surface area (Å²) in [5, 5.41) is 1.71. The van der Waals surface area contributed by atoms with Crippen LogP contribution in [0.5, 0.6) is 0 Å². The van der Waals surface area contributed by atoms with Crippen molar-refractivity contribution in [2.45, 2.75) is 31.2 Å². The maximum atomic E-state index is 12.6. The van der Waals surface area contributed by atoms with Gasteiger partial charge in [0.1, 0.15) is 0 Å². The first-order chi connectivity index (χ1) is 11.0. The molecule has 2 atom stereocenters. The Kier molecular flexibility index (Phi) is 4.71. The number of sulfonamides is 1. The topological polar surface area (TPSA) is 49.4 Å². The molecule has 0 spiro atoms. The van der Waals surface area contributed by atoms with Crippen LogP contribution in [-0.2, 0) is 10.0 Å². The van der Waals surface area contributed by atoms with Gasteiger partial charge in [0.25, 0.3) is 0 Å². The molecule has 0 saturated carbocycles. The number of benzene rings is 2. The number of nitrogens with one attached hydrogen (secondary N) is 1. The fourth-order valence-corrected chi connectivity index (χ4v) is 4.78. The van der Waals surface area contributed by atoms with E-state index in [9.17, 15) is 8.42 Å². The molecule has 1 heterocycles. The first-order valence-electron chi connectivity index (χ1n) is 8.19. The predicted molar refractivity (Wildman–Crippen MR) is 94.0 cm³/mol. The van der Waals surface area contributed by atoms with Crippen molar-refractivity contribution in [1.82, 2.24) is 9.62 Å². The van der Waals surface area contributed by atoms with Crippen LogP contribution in [0.4, 0.5) is 0 Å². The average molecular weight is 332 g/mol. The van der Waals surface area contributed by atoms with Gasteiger partial charge < -0.3 is 0 Å². The summed E-state index contributed by atoms with van der Waals surface area (Å²) in [7, 11) is -3.49. The molecule has 4 nitrogen and oxygen atoms in total. The number of hydrogen-bond donors (Lipinski definition) is 1. The van der Waals surface area contributed by atoms with E-state index in [4.69, 9.17) is 0 Å². The lowest BCUT2D eigenvalue weighted by Crippen LogP contribution is -2.36. The monoisotopic (exact) mass is 332 g/mol. The van der Waals surface area contributed by atoms with Crippen molar-refractivity contribution >= 4 is 20.8 Å². The van der Waals surface area contributed by atoms with Gasteiger partial charge in [0.15, 0.2) is 0 Å². The maximum absolute atomic E-state index is 12.6. The minimum Gasteiger partial charge on any atom is -0.299 e. The lowest BCUT2D eigenvalue weighted by Gasteiger charge is -2.21. The Morgan fingerprint density at radius 3 is 2.61 bits per heavy atom.